The second kappa shape index (κ2) is 3.93. The van der Waals surface area contributed by atoms with Crippen LogP contribution in [0.25, 0.3) is 0 Å². The van der Waals surface area contributed by atoms with Gasteiger partial charge in [-0.25, -0.2) is 9.67 Å². The summed E-state index contributed by atoms with van der Waals surface area (Å²) in [6.07, 6.45) is 7.42. The van der Waals surface area contributed by atoms with Crippen LogP contribution < -0.4 is 5.73 Å². The highest BCUT2D eigenvalue weighted by Gasteiger charge is 2.34. The monoisotopic (exact) mass is 208 g/mol. The first-order valence-electron chi connectivity index (χ1n) is 5.82. The van der Waals surface area contributed by atoms with Crippen LogP contribution in [0.5, 0.6) is 0 Å². The van der Waals surface area contributed by atoms with Crippen molar-refractivity contribution in [3.8, 4) is 0 Å². The van der Waals surface area contributed by atoms with Gasteiger partial charge in [0, 0.05) is 6.04 Å². The van der Waals surface area contributed by atoms with Gasteiger partial charge in [-0.2, -0.15) is 5.10 Å². The Kier molecular flexibility index (Phi) is 2.78. The summed E-state index contributed by atoms with van der Waals surface area (Å²) in [4.78, 5) is 4.36. The number of hydrogen-bond acceptors (Lipinski definition) is 3. The Bertz CT molecular complexity index is 323. The van der Waals surface area contributed by atoms with Crippen molar-refractivity contribution in [2.75, 3.05) is 0 Å². The van der Waals surface area contributed by atoms with Gasteiger partial charge >= 0.3 is 0 Å². The average molecular weight is 208 g/mol. The lowest BCUT2D eigenvalue weighted by atomic mass is 9.82. The zero-order valence-corrected chi connectivity index (χ0v) is 9.61. The van der Waals surface area contributed by atoms with Crippen LogP contribution in [0.1, 0.15) is 57.8 Å². The maximum atomic E-state index is 6.44. The van der Waals surface area contributed by atoms with E-state index in [4.69, 9.17) is 5.73 Å². The summed E-state index contributed by atoms with van der Waals surface area (Å²) in [6, 6.07) is 0.338. The Morgan fingerprint density at radius 3 is 2.60 bits per heavy atom. The van der Waals surface area contributed by atoms with Gasteiger partial charge in [-0.05, 0) is 26.7 Å². The van der Waals surface area contributed by atoms with E-state index in [1.54, 1.807) is 6.33 Å². The molecular formula is C11H20N4. The van der Waals surface area contributed by atoms with E-state index >= 15 is 0 Å². The van der Waals surface area contributed by atoms with Crippen molar-refractivity contribution < 1.29 is 0 Å². The van der Waals surface area contributed by atoms with Gasteiger partial charge in [0.25, 0.3) is 0 Å². The Balaban J connectivity index is 2.30. The van der Waals surface area contributed by atoms with Gasteiger partial charge in [0.1, 0.15) is 12.2 Å². The molecule has 0 atom stereocenters. The third kappa shape index (κ3) is 1.91. The zero-order chi connectivity index (χ0) is 10.9. The fourth-order valence-electron chi connectivity index (χ4n) is 2.39. The van der Waals surface area contributed by atoms with E-state index in [1.165, 1.54) is 19.3 Å². The Morgan fingerprint density at radius 2 is 2.00 bits per heavy atom. The lowest BCUT2D eigenvalue weighted by Gasteiger charge is -2.33. The van der Waals surface area contributed by atoms with Crippen LogP contribution in [0.4, 0.5) is 0 Å². The Labute approximate surface area is 90.9 Å². The van der Waals surface area contributed by atoms with Gasteiger partial charge in [0.05, 0.1) is 5.54 Å². The van der Waals surface area contributed by atoms with E-state index in [2.05, 4.69) is 23.9 Å². The van der Waals surface area contributed by atoms with Crippen LogP contribution in [0.15, 0.2) is 6.33 Å². The minimum absolute atomic E-state index is 0.237. The van der Waals surface area contributed by atoms with E-state index < -0.39 is 0 Å². The molecule has 4 heteroatoms. The van der Waals surface area contributed by atoms with Crippen molar-refractivity contribution in [2.24, 2.45) is 5.73 Å². The predicted molar refractivity (Wildman–Crippen MR) is 59.4 cm³/mol. The van der Waals surface area contributed by atoms with Crippen LogP contribution in [-0.4, -0.2) is 14.8 Å². The first kappa shape index (κ1) is 10.6. The number of aromatic nitrogens is 3. The fraction of sp³-hybridized carbons (Fsp3) is 0.818. The number of nitrogens with zero attached hydrogens (tertiary/aromatic N) is 3. The first-order valence-corrected chi connectivity index (χ1v) is 5.82. The number of hydrogen-bond donors (Lipinski definition) is 1. The first-order chi connectivity index (χ1) is 7.13. The molecule has 0 unspecified atom stereocenters. The van der Waals surface area contributed by atoms with E-state index in [1.807, 2.05) is 4.68 Å². The molecule has 0 amide bonds. The molecule has 1 heterocycles. The molecule has 1 aromatic rings. The summed E-state index contributed by atoms with van der Waals surface area (Å²) in [5, 5.41) is 4.26. The quantitative estimate of drug-likeness (QED) is 0.808. The largest absolute Gasteiger partial charge is 0.319 e. The molecule has 4 nitrogen and oxygen atoms in total. The molecule has 1 saturated carbocycles. The summed E-state index contributed by atoms with van der Waals surface area (Å²) in [7, 11) is 0. The maximum absolute atomic E-state index is 6.44. The molecule has 0 radical (unpaired) electrons. The summed E-state index contributed by atoms with van der Waals surface area (Å²) < 4.78 is 1.96. The molecule has 1 fully saturated rings. The van der Waals surface area contributed by atoms with Crippen molar-refractivity contribution in [1.29, 1.82) is 0 Å². The highest BCUT2D eigenvalue weighted by Crippen LogP contribution is 2.34. The Morgan fingerprint density at radius 1 is 1.33 bits per heavy atom. The molecule has 1 aliphatic rings. The van der Waals surface area contributed by atoms with Crippen LogP contribution in [0, 0.1) is 0 Å². The summed E-state index contributed by atoms with van der Waals surface area (Å²) in [5.41, 5.74) is 6.20. The molecule has 0 aliphatic heterocycles. The van der Waals surface area contributed by atoms with Crippen LogP contribution in [0.2, 0.25) is 0 Å². The molecule has 1 aromatic heterocycles. The smallest absolute Gasteiger partial charge is 0.147 e. The molecular weight excluding hydrogens is 188 g/mol. The summed E-state index contributed by atoms with van der Waals surface area (Å²) in [5.74, 6) is 0.970. The second-order valence-electron chi connectivity index (χ2n) is 4.84. The minimum atomic E-state index is -0.237. The lowest BCUT2D eigenvalue weighted by Crippen LogP contribution is -2.41. The fourth-order valence-corrected chi connectivity index (χ4v) is 2.39. The van der Waals surface area contributed by atoms with Crippen molar-refractivity contribution in [3.63, 3.8) is 0 Å². The number of rotatable bonds is 2. The number of nitrogens with two attached hydrogens (primary N) is 1. The molecule has 1 aliphatic carbocycles. The molecule has 0 aromatic carbocycles. The highest BCUT2D eigenvalue weighted by molar-refractivity contribution is 5.06. The van der Waals surface area contributed by atoms with Crippen molar-refractivity contribution in [1.82, 2.24) is 14.8 Å². The van der Waals surface area contributed by atoms with Crippen molar-refractivity contribution in [2.45, 2.75) is 57.5 Å². The molecule has 2 rings (SSSR count). The molecule has 15 heavy (non-hydrogen) atoms. The van der Waals surface area contributed by atoms with Gasteiger partial charge in [0.2, 0.25) is 0 Å². The topological polar surface area (TPSA) is 56.7 Å². The highest BCUT2D eigenvalue weighted by atomic mass is 15.4. The van der Waals surface area contributed by atoms with E-state index in [0.717, 1.165) is 18.7 Å². The van der Waals surface area contributed by atoms with Gasteiger partial charge < -0.3 is 5.73 Å². The van der Waals surface area contributed by atoms with Crippen molar-refractivity contribution >= 4 is 0 Å². The van der Waals surface area contributed by atoms with Crippen LogP contribution in [-0.2, 0) is 5.54 Å². The van der Waals surface area contributed by atoms with Gasteiger partial charge in [0.15, 0.2) is 0 Å². The molecule has 0 saturated heterocycles. The summed E-state index contributed by atoms with van der Waals surface area (Å²) >= 11 is 0. The molecule has 84 valence electrons. The van der Waals surface area contributed by atoms with Crippen molar-refractivity contribution in [3.05, 3.63) is 12.2 Å². The lowest BCUT2D eigenvalue weighted by molar-refractivity contribution is 0.268. The second-order valence-corrected chi connectivity index (χ2v) is 4.84. The van der Waals surface area contributed by atoms with E-state index in [9.17, 15) is 0 Å². The standard InChI is InChI=1S/C11H20N4/c1-9(2)15-10(13-8-14-15)11(12)6-4-3-5-7-11/h8-9H,3-7,12H2,1-2H3. The molecule has 2 N–H and O–H groups in total. The third-order valence-electron chi connectivity index (χ3n) is 3.25. The Hall–Kier alpha value is -0.900. The van der Waals surface area contributed by atoms with Gasteiger partial charge in [-0.15, -0.1) is 0 Å². The van der Waals surface area contributed by atoms with Crippen LogP contribution >= 0.6 is 0 Å². The summed E-state index contributed by atoms with van der Waals surface area (Å²) in [6.45, 7) is 4.23. The van der Waals surface area contributed by atoms with Gasteiger partial charge in [-0.1, -0.05) is 19.3 Å². The van der Waals surface area contributed by atoms with Crippen LogP contribution in [0.3, 0.4) is 0 Å². The van der Waals surface area contributed by atoms with Gasteiger partial charge in [-0.3, -0.25) is 0 Å². The molecule has 0 spiro atoms. The SMILES string of the molecule is CC(C)n1ncnc1C1(N)CCCCC1. The minimum Gasteiger partial charge on any atom is -0.319 e. The average Bonchev–Trinajstić information content (AvgIpc) is 2.67. The third-order valence-corrected chi connectivity index (χ3v) is 3.25. The predicted octanol–water partition coefficient (Wildman–Crippen LogP) is 1.98. The van der Waals surface area contributed by atoms with E-state index in [0.29, 0.717) is 6.04 Å². The maximum Gasteiger partial charge on any atom is 0.147 e. The van der Waals surface area contributed by atoms with E-state index in [-0.39, 0.29) is 5.54 Å². The molecule has 0 bridgehead atoms. The zero-order valence-electron chi connectivity index (χ0n) is 9.61. The normalized spacial score (nSPS) is 20.8.